The molecule has 2 heterocycles. The van der Waals surface area contributed by atoms with Gasteiger partial charge in [0.1, 0.15) is 5.75 Å². The lowest BCUT2D eigenvalue weighted by atomic mass is 9.89. The van der Waals surface area contributed by atoms with Gasteiger partial charge in [0.15, 0.2) is 5.82 Å². The minimum atomic E-state index is 0.285. The first-order chi connectivity index (χ1) is 11.7. The van der Waals surface area contributed by atoms with Crippen molar-refractivity contribution in [1.82, 2.24) is 15.0 Å². The lowest BCUT2D eigenvalue weighted by molar-refractivity contribution is 0.181. The fourth-order valence-corrected chi connectivity index (χ4v) is 3.93. The number of nitrogens with zero attached hydrogens (tertiary/aromatic N) is 3. The number of aromatic hydroxyl groups is 1. The van der Waals surface area contributed by atoms with E-state index in [1.165, 1.54) is 5.56 Å². The van der Waals surface area contributed by atoms with Gasteiger partial charge in [-0.3, -0.25) is 4.90 Å². The Kier molecular flexibility index (Phi) is 5.79. The van der Waals surface area contributed by atoms with Crippen LogP contribution in [0.2, 0.25) is 0 Å². The molecule has 130 valence electrons. The molecule has 1 aliphatic rings. The Labute approximate surface area is 147 Å². The van der Waals surface area contributed by atoms with Gasteiger partial charge in [0.25, 0.3) is 0 Å². The maximum absolute atomic E-state index is 9.40. The monoisotopic (exact) mass is 347 g/mol. The molecule has 0 amide bonds. The Morgan fingerprint density at radius 3 is 2.67 bits per heavy atom. The number of phenols is 1. The Bertz CT molecular complexity index is 636. The second kappa shape index (κ2) is 8.03. The zero-order valence-corrected chi connectivity index (χ0v) is 15.1. The molecule has 5 nitrogen and oxygen atoms in total. The molecule has 1 aliphatic heterocycles. The van der Waals surface area contributed by atoms with Crippen LogP contribution in [0.5, 0.6) is 5.75 Å². The summed E-state index contributed by atoms with van der Waals surface area (Å²) in [6, 6.07) is 7.62. The molecule has 0 radical (unpaired) electrons. The highest BCUT2D eigenvalue weighted by molar-refractivity contribution is 7.99. The fourth-order valence-electron chi connectivity index (χ4n) is 3.18. The van der Waals surface area contributed by atoms with Gasteiger partial charge in [0, 0.05) is 0 Å². The Hall–Kier alpha value is -1.53. The number of hydrogen-bond acceptors (Lipinski definition) is 6. The van der Waals surface area contributed by atoms with E-state index < -0.39 is 0 Å². The molecule has 1 unspecified atom stereocenters. The average Bonchev–Trinajstić information content (AvgIpc) is 3.05. The Morgan fingerprint density at radius 2 is 2.00 bits per heavy atom. The van der Waals surface area contributed by atoms with E-state index in [-0.39, 0.29) is 5.25 Å². The highest BCUT2D eigenvalue weighted by atomic mass is 32.2. The third-order valence-electron chi connectivity index (χ3n) is 4.58. The van der Waals surface area contributed by atoms with E-state index in [0.717, 1.165) is 49.9 Å². The number of phenolic OH excluding ortho intramolecular Hbond substituents is 1. The second-order valence-corrected chi connectivity index (χ2v) is 7.90. The summed E-state index contributed by atoms with van der Waals surface area (Å²) in [5, 5.41) is 13.8. The van der Waals surface area contributed by atoms with E-state index in [2.05, 4.69) is 28.9 Å². The first-order valence-corrected chi connectivity index (χ1v) is 9.66. The van der Waals surface area contributed by atoms with Crippen molar-refractivity contribution in [2.75, 3.05) is 18.8 Å². The number of piperidine rings is 1. The molecule has 3 rings (SSSR count). The van der Waals surface area contributed by atoms with Crippen LogP contribution >= 0.6 is 11.8 Å². The number of likely N-dealkylation sites (tertiary alicyclic amines) is 1. The Balaban J connectivity index is 1.51. The number of thioether (sulfide) groups is 1. The molecular weight excluding hydrogens is 322 g/mol. The van der Waals surface area contributed by atoms with Gasteiger partial charge < -0.3 is 9.63 Å². The lowest BCUT2D eigenvalue weighted by Crippen LogP contribution is -2.32. The van der Waals surface area contributed by atoms with Crippen molar-refractivity contribution >= 4 is 11.8 Å². The van der Waals surface area contributed by atoms with Crippen molar-refractivity contribution in [3.63, 3.8) is 0 Å². The van der Waals surface area contributed by atoms with Crippen molar-refractivity contribution in [1.29, 1.82) is 0 Å². The molecule has 1 fully saturated rings. The van der Waals surface area contributed by atoms with E-state index in [1.807, 2.05) is 23.9 Å². The van der Waals surface area contributed by atoms with Gasteiger partial charge in [0.05, 0.1) is 11.8 Å². The summed E-state index contributed by atoms with van der Waals surface area (Å²) >= 11 is 1.83. The highest BCUT2D eigenvalue weighted by Gasteiger charge is 2.22. The fraction of sp³-hybridized carbons (Fsp3) is 0.556. The van der Waals surface area contributed by atoms with Gasteiger partial charge in [-0.1, -0.05) is 24.2 Å². The van der Waals surface area contributed by atoms with Gasteiger partial charge in [-0.2, -0.15) is 16.7 Å². The van der Waals surface area contributed by atoms with Crippen molar-refractivity contribution < 1.29 is 9.63 Å². The molecule has 0 saturated carbocycles. The number of hydrogen-bond donors (Lipinski definition) is 1. The van der Waals surface area contributed by atoms with Gasteiger partial charge >= 0.3 is 0 Å². The summed E-state index contributed by atoms with van der Waals surface area (Å²) in [5.74, 6) is 3.47. The third-order valence-corrected chi connectivity index (χ3v) is 5.62. The summed E-state index contributed by atoms with van der Waals surface area (Å²) in [5.41, 5.74) is 1.32. The summed E-state index contributed by atoms with van der Waals surface area (Å²) < 4.78 is 5.42. The topological polar surface area (TPSA) is 62.4 Å². The largest absolute Gasteiger partial charge is 0.508 e. The second-order valence-electron chi connectivity index (χ2n) is 6.29. The molecule has 1 aromatic heterocycles. The Morgan fingerprint density at radius 1 is 1.29 bits per heavy atom. The quantitative estimate of drug-likeness (QED) is 0.853. The van der Waals surface area contributed by atoms with E-state index in [4.69, 9.17) is 4.52 Å². The van der Waals surface area contributed by atoms with Crippen LogP contribution in [0, 0.1) is 0 Å². The van der Waals surface area contributed by atoms with Gasteiger partial charge in [-0.05, 0) is 62.2 Å². The minimum Gasteiger partial charge on any atom is -0.508 e. The average molecular weight is 347 g/mol. The van der Waals surface area contributed by atoms with Crippen LogP contribution in [0.3, 0.4) is 0 Å². The van der Waals surface area contributed by atoms with Crippen LogP contribution in [0.15, 0.2) is 28.8 Å². The van der Waals surface area contributed by atoms with Crippen LogP contribution in [0.4, 0.5) is 0 Å². The zero-order valence-electron chi connectivity index (χ0n) is 14.3. The van der Waals surface area contributed by atoms with Crippen molar-refractivity contribution in [2.24, 2.45) is 0 Å². The van der Waals surface area contributed by atoms with Crippen molar-refractivity contribution in [2.45, 2.75) is 44.4 Å². The van der Waals surface area contributed by atoms with Crippen LogP contribution in [0.1, 0.15) is 55.1 Å². The molecule has 0 spiro atoms. The summed E-state index contributed by atoms with van der Waals surface area (Å²) in [7, 11) is 0. The molecule has 1 saturated heterocycles. The number of benzene rings is 1. The van der Waals surface area contributed by atoms with Gasteiger partial charge in [0.2, 0.25) is 5.89 Å². The third kappa shape index (κ3) is 4.30. The molecule has 0 aliphatic carbocycles. The molecular formula is C18H25N3O2S. The number of aromatic nitrogens is 2. The predicted octanol–water partition coefficient (Wildman–Crippen LogP) is 3.97. The van der Waals surface area contributed by atoms with E-state index >= 15 is 0 Å². The van der Waals surface area contributed by atoms with E-state index in [1.54, 1.807) is 12.1 Å². The molecule has 24 heavy (non-hydrogen) atoms. The van der Waals surface area contributed by atoms with E-state index in [0.29, 0.717) is 11.7 Å². The van der Waals surface area contributed by atoms with Crippen molar-refractivity contribution in [3.05, 3.63) is 41.5 Å². The maximum Gasteiger partial charge on any atom is 0.240 e. The molecule has 0 bridgehead atoms. The van der Waals surface area contributed by atoms with Gasteiger partial charge in [-0.15, -0.1) is 0 Å². The summed E-state index contributed by atoms with van der Waals surface area (Å²) in [6.45, 7) is 7.05. The molecule has 2 aromatic rings. The lowest BCUT2D eigenvalue weighted by Gasteiger charge is -2.31. The SMILES string of the molecule is CCSC(C)c1noc(CN2CCC(c3ccc(O)cc3)CC2)n1. The highest BCUT2D eigenvalue weighted by Crippen LogP contribution is 2.30. The van der Waals surface area contributed by atoms with Gasteiger partial charge in [-0.25, -0.2) is 0 Å². The normalized spacial score (nSPS) is 17.9. The molecule has 1 aromatic carbocycles. The summed E-state index contributed by atoms with van der Waals surface area (Å²) in [4.78, 5) is 6.92. The predicted molar refractivity (Wildman–Crippen MR) is 96.2 cm³/mol. The zero-order chi connectivity index (χ0) is 16.9. The summed E-state index contributed by atoms with van der Waals surface area (Å²) in [6.07, 6.45) is 2.24. The van der Waals surface area contributed by atoms with Crippen LogP contribution in [-0.2, 0) is 6.54 Å². The molecule has 6 heteroatoms. The van der Waals surface area contributed by atoms with Crippen molar-refractivity contribution in [3.8, 4) is 5.75 Å². The standard InChI is InChI=1S/C18H25N3O2S/c1-3-24-13(2)18-19-17(23-20-18)12-21-10-8-15(9-11-21)14-4-6-16(22)7-5-14/h4-7,13,15,22H,3,8-12H2,1-2H3. The number of rotatable bonds is 6. The first-order valence-electron chi connectivity index (χ1n) is 8.61. The van der Waals surface area contributed by atoms with Crippen LogP contribution in [-0.4, -0.2) is 39.0 Å². The minimum absolute atomic E-state index is 0.285. The van der Waals surface area contributed by atoms with Crippen LogP contribution in [0.25, 0.3) is 0 Å². The van der Waals surface area contributed by atoms with E-state index in [9.17, 15) is 5.11 Å². The first kappa shape index (κ1) is 17.3. The molecule has 1 N–H and O–H groups in total. The maximum atomic E-state index is 9.40. The van der Waals surface area contributed by atoms with Crippen LogP contribution < -0.4 is 0 Å². The molecule has 1 atom stereocenters. The smallest absolute Gasteiger partial charge is 0.240 e.